The summed E-state index contributed by atoms with van der Waals surface area (Å²) < 4.78 is 0.445. The third-order valence-electron chi connectivity index (χ3n) is 3.69. The number of anilines is 1. The number of halogens is 1. The lowest BCUT2D eigenvalue weighted by atomic mass is 10.2. The Hall–Kier alpha value is -2.15. The molecule has 0 atom stereocenters. The van der Waals surface area contributed by atoms with Gasteiger partial charge in [-0.3, -0.25) is 14.5 Å². The van der Waals surface area contributed by atoms with Crippen molar-refractivity contribution in [3.05, 3.63) is 70.1 Å². The molecule has 1 N–H and O–H groups in total. The van der Waals surface area contributed by atoms with Gasteiger partial charge in [0.05, 0.1) is 4.91 Å². The van der Waals surface area contributed by atoms with Crippen LogP contribution in [0.25, 0.3) is 6.08 Å². The summed E-state index contributed by atoms with van der Waals surface area (Å²) in [5, 5.41) is 3.36. The van der Waals surface area contributed by atoms with Crippen molar-refractivity contribution in [2.75, 3.05) is 11.9 Å². The number of amides is 2. The third kappa shape index (κ3) is 4.52. The van der Waals surface area contributed by atoms with Crippen molar-refractivity contribution in [2.45, 2.75) is 6.42 Å². The second-order valence-corrected chi connectivity index (χ2v) is 7.60. The first-order valence-electron chi connectivity index (χ1n) is 7.89. The molecule has 0 radical (unpaired) electrons. The highest BCUT2D eigenvalue weighted by molar-refractivity contribution is 8.26. The fraction of sp³-hybridized carbons (Fsp3) is 0.105. The zero-order valence-corrected chi connectivity index (χ0v) is 16.0. The summed E-state index contributed by atoms with van der Waals surface area (Å²) in [6.07, 6.45) is 1.90. The average Bonchev–Trinajstić information content (AvgIpc) is 2.89. The molecule has 3 rings (SSSR count). The van der Waals surface area contributed by atoms with Crippen LogP contribution in [0.2, 0.25) is 5.02 Å². The lowest BCUT2D eigenvalue weighted by molar-refractivity contribution is -0.122. The lowest BCUT2D eigenvalue weighted by Gasteiger charge is -2.14. The van der Waals surface area contributed by atoms with E-state index in [1.807, 2.05) is 48.5 Å². The second-order valence-electron chi connectivity index (χ2n) is 5.52. The monoisotopic (exact) mass is 402 g/mol. The van der Waals surface area contributed by atoms with E-state index in [2.05, 4.69) is 5.32 Å². The minimum Gasteiger partial charge on any atom is -0.326 e. The molecule has 2 aromatic carbocycles. The SMILES string of the molecule is O=C(CCN1C(=O)/C(=C\c2ccccc2Cl)SC1=S)Nc1ccccc1. The Morgan fingerprint density at radius 2 is 1.85 bits per heavy atom. The number of carbonyl (C=O) groups is 2. The Bertz CT molecular complexity index is 884. The van der Waals surface area contributed by atoms with Crippen LogP contribution in [0.5, 0.6) is 0 Å². The van der Waals surface area contributed by atoms with Crippen LogP contribution in [0.15, 0.2) is 59.5 Å². The maximum atomic E-state index is 12.6. The highest BCUT2D eigenvalue weighted by atomic mass is 35.5. The van der Waals surface area contributed by atoms with E-state index in [1.165, 1.54) is 16.7 Å². The first kappa shape index (κ1) is 18.6. The van der Waals surface area contributed by atoms with Crippen molar-refractivity contribution in [3.63, 3.8) is 0 Å². The molecule has 0 unspecified atom stereocenters. The summed E-state index contributed by atoms with van der Waals surface area (Å²) in [4.78, 5) is 26.6. The maximum Gasteiger partial charge on any atom is 0.266 e. The smallest absolute Gasteiger partial charge is 0.266 e. The number of carbonyl (C=O) groups excluding carboxylic acids is 2. The second kappa shape index (κ2) is 8.49. The average molecular weight is 403 g/mol. The summed E-state index contributed by atoms with van der Waals surface area (Å²) in [7, 11) is 0. The van der Waals surface area contributed by atoms with E-state index in [-0.39, 0.29) is 24.8 Å². The molecular weight excluding hydrogens is 388 g/mol. The predicted molar refractivity (Wildman–Crippen MR) is 111 cm³/mol. The van der Waals surface area contributed by atoms with Gasteiger partial charge in [-0.05, 0) is 29.8 Å². The quantitative estimate of drug-likeness (QED) is 0.588. The standard InChI is InChI=1S/C19H15ClN2O2S2/c20-15-9-5-4-6-13(15)12-16-18(24)22(19(25)26-16)11-10-17(23)21-14-7-2-1-3-8-14/h1-9,12H,10-11H2,(H,21,23)/b16-12+. The van der Waals surface area contributed by atoms with Crippen LogP contribution >= 0.6 is 35.6 Å². The minimum absolute atomic E-state index is 0.166. The molecule has 1 aliphatic heterocycles. The number of thioether (sulfide) groups is 1. The number of para-hydroxylation sites is 1. The predicted octanol–water partition coefficient (Wildman–Crippen LogP) is 4.57. The fourth-order valence-electron chi connectivity index (χ4n) is 2.38. The van der Waals surface area contributed by atoms with Gasteiger partial charge in [-0.25, -0.2) is 0 Å². The summed E-state index contributed by atoms with van der Waals surface area (Å²) >= 11 is 12.6. The molecule has 1 heterocycles. The number of thiocarbonyl (C=S) groups is 1. The molecule has 2 aromatic rings. The van der Waals surface area contributed by atoms with Crippen molar-refractivity contribution < 1.29 is 9.59 Å². The van der Waals surface area contributed by atoms with Crippen molar-refractivity contribution in [1.29, 1.82) is 0 Å². The zero-order valence-electron chi connectivity index (χ0n) is 13.6. The number of nitrogens with one attached hydrogen (secondary N) is 1. The molecule has 26 heavy (non-hydrogen) atoms. The van der Waals surface area contributed by atoms with Gasteiger partial charge in [0.25, 0.3) is 5.91 Å². The Morgan fingerprint density at radius 3 is 2.58 bits per heavy atom. The summed E-state index contributed by atoms with van der Waals surface area (Å²) in [5.41, 5.74) is 1.48. The van der Waals surface area contributed by atoms with Crippen molar-refractivity contribution >= 4 is 63.5 Å². The highest BCUT2D eigenvalue weighted by Gasteiger charge is 2.32. The largest absolute Gasteiger partial charge is 0.326 e. The molecule has 132 valence electrons. The number of nitrogens with zero attached hydrogens (tertiary/aromatic N) is 1. The molecule has 0 spiro atoms. The van der Waals surface area contributed by atoms with Gasteiger partial charge in [0.2, 0.25) is 5.91 Å². The summed E-state index contributed by atoms with van der Waals surface area (Å²) in [6, 6.07) is 16.5. The molecule has 7 heteroatoms. The Morgan fingerprint density at radius 1 is 1.15 bits per heavy atom. The number of rotatable bonds is 5. The van der Waals surface area contributed by atoms with Crippen LogP contribution in [-0.2, 0) is 9.59 Å². The highest BCUT2D eigenvalue weighted by Crippen LogP contribution is 2.33. The molecule has 0 aliphatic carbocycles. The van der Waals surface area contributed by atoms with E-state index >= 15 is 0 Å². The van der Waals surface area contributed by atoms with Crippen molar-refractivity contribution in [2.24, 2.45) is 0 Å². The van der Waals surface area contributed by atoms with Crippen LogP contribution in [-0.4, -0.2) is 27.6 Å². The molecule has 1 aliphatic rings. The van der Waals surface area contributed by atoms with Gasteiger partial charge in [-0.15, -0.1) is 0 Å². The Kier molecular flexibility index (Phi) is 6.08. The van der Waals surface area contributed by atoms with Crippen LogP contribution in [0.4, 0.5) is 5.69 Å². The molecule has 0 saturated carbocycles. The first-order chi connectivity index (χ1) is 12.5. The van der Waals surface area contributed by atoms with Crippen molar-refractivity contribution in [3.8, 4) is 0 Å². The summed E-state index contributed by atoms with van der Waals surface area (Å²) in [6.45, 7) is 0.239. The van der Waals surface area contributed by atoms with Crippen LogP contribution in [0, 0.1) is 0 Å². The third-order valence-corrected chi connectivity index (χ3v) is 5.41. The minimum atomic E-state index is -0.201. The normalized spacial score (nSPS) is 15.6. The fourth-order valence-corrected chi connectivity index (χ4v) is 3.87. The Balaban J connectivity index is 1.62. The lowest BCUT2D eigenvalue weighted by Crippen LogP contribution is -2.31. The van der Waals surface area contributed by atoms with Crippen LogP contribution in [0.1, 0.15) is 12.0 Å². The maximum absolute atomic E-state index is 12.6. The molecule has 0 bridgehead atoms. The first-order valence-corrected chi connectivity index (χ1v) is 9.49. The van der Waals surface area contributed by atoms with Crippen LogP contribution in [0.3, 0.4) is 0 Å². The van der Waals surface area contributed by atoms with Gasteiger partial charge in [0, 0.05) is 23.7 Å². The number of benzene rings is 2. The number of hydrogen-bond donors (Lipinski definition) is 1. The van der Waals surface area contributed by atoms with Gasteiger partial charge < -0.3 is 5.32 Å². The van der Waals surface area contributed by atoms with E-state index in [4.69, 9.17) is 23.8 Å². The molecule has 1 saturated heterocycles. The van der Waals surface area contributed by atoms with Gasteiger partial charge in [0.15, 0.2) is 0 Å². The zero-order chi connectivity index (χ0) is 18.5. The molecule has 1 fully saturated rings. The summed E-state index contributed by atoms with van der Waals surface area (Å²) in [5.74, 6) is -0.368. The van der Waals surface area contributed by atoms with E-state index in [0.717, 1.165) is 11.3 Å². The van der Waals surface area contributed by atoms with Crippen molar-refractivity contribution in [1.82, 2.24) is 4.90 Å². The van der Waals surface area contributed by atoms with Gasteiger partial charge in [0.1, 0.15) is 4.32 Å². The molecule has 2 amide bonds. The van der Waals surface area contributed by atoms with Gasteiger partial charge >= 0.3 is 0 Å². The number of hydrogen-bond acceptors (Lipinski definition) is 4. The van der Waals surface area contributed by atoms with Crippen LogP contribution < -0.4 is 5.32 Å². The van der Waals surface area contributed by atoms with E-state index < -0.39 is 0 Å². The molecular formula is C19H15ClN2O2S2. The van der Waals surface area contributed by atoms with E-state index in [9.17, 15) is 9.59 Å². The molecule has 0 aromatic heterocycles. The van der Waals surface area contributed by atoms with Gasteiger partial charge in [-0.1, -0.05) is 72.0 Å². The van der Waals surface area contributed by atoms with Gasteiger partial charge in [-0.2, -0.15) is 0 Å². The topological polar surface area (TPSA) is 49.4 Å². The Labute approximate surface area is 166 Å². The van der Waals surface area contributed by atoms with E-state index in [0.29, 0.717) is 14.2 Å². The molecule has 4 nitrogen and oxygen atoms in total. The van der Waals surface area contributed by atoms with E-state index in [1.54, 1.807) is 12.1 Å².